The highest BCUT2D eigenvalue weighted by Gasteiger charge is 2.18. The normalized spacial score (nSPS) is 12.4. The lowest BCUT2D eigenvalue weighted by Crippen LogP contribution is -2.13. The number of hydrogen-bond acceptors (Lipinski definition) is 2. The molecule has 2 aromatic carbocycles. The van der Waals surface area contributed by atoms with E-state index in [1.54, 1.807) is 24.3 Å². The summed E-state index contributed by atoms with van der Waals surface area (Å²) >= 11 is 0. The van der Waals surface area contributed by atoms with E-state index in [1.807, 2.05) is 31.2 Å². The standard InChI is InChI=1S/C18H20O2/c1-13(14-6-4-8-16(19)10-14)12-18(2,3)15-7-5-9-17(20)11-15/h4-12,19-20H,1-3H3. The van der Waals surface area contributed by atoms with E-state index in [0.717, 1.165) is 16.7 Å². The van der Waals surface area contributed by atoms with E-state index in [1.165, 1.54) is 0 Å². The van der Waals surface area contributed by atoms with Crippen LogP contribution in [-0.2, 0) is 5.41 Å². The van der Waals surface area contributed by atoms with Crippen molar-refractivity contribution in [2.24, 2.45) is 0 Å². The van der Waals surface area contributed by atoms with Crippen molar-refractivity contribution >= 4 is 5.57 Å². The van der Waals surface area contributed by atoms with Crippen molar-refractivity contribution in [1.29, 1.82) is 0 Å². The summed E-state index contributed by atoms with van der Waals surface area (Å²) in [6, 6.07) is 14.5. The number of rotatable bonds is 3. The highest BCUT2D eigenvalue weighted by molar-refractivity contribution is 5.66. The fourth-order valence-corrected chi connectivity index (χ4v) is 2.37. The molecule has 0 fully saturated rings. The lowest BCUT2D eigenvalue weighted by atomic mass is 9.82. The van der Waals surface area contributed by atoms with E-state index in [0.29, 0.717) is 0 Å². The molecule has 0 bridgehead atoms. The first-order valence-corrected chi connectivity index (χ1v) is 6.67. The summed E-state index contributed by atoms with van der Waals surface area (Å²) in [6.07, 6.45) is 2.15. The highest BCUT2D eigenvalue weighted by Crippen LogP contribution is 2.31. The van der Waals surface area contributed by atoms with Gasteiger partial charge in [-0.25, -0.2) is 0 Å². The summed E-state index contributed by atoms with van der Waals surface area (Å²) in [6.45, 7) is 6.24. The predicted molar refractivity (Wildman–Crippen MR) is 82.9 cm³/mol. The van der Waals surface area contributed by atoms with Crippen LogP contribution in [0.5, 0.6) is 11.5 Å². The molecule has 2 rings (SSSR count). The van der Waals surface area contributed by atoms with E-state index in [9.17, 15) is 10.2 Å². The Kier molecular flexibility index (Phi) is 3.84. The molecule has 20 heavy (non-hydrogen) atoms. The summed E-state index contributed by atoms with van der Waals surface area (Å²) < 4.78 is 0. The number of benzene rings is 2. The van der Waals surface area contributed by atoms with Crippen molar-refractivity contribution in [2.45, 2.75) is 26.2 Å². The maximum absolute atomic E-state index is 9.61. The molecule has 104 valence electrons. The van der Waals surface area contributed by atoms with Gasteiger partial charge in [0.15, 0.2) is 0 Å². The topological polar surface area (TPSA) is 40.5 Å². The van der Waals surface area contributed by atoms with Gasteiger partial charge in [-0.05, 0) is 47.9 Å². The van der Waals surface area contributed by atoms with Crippen LogP contribution in [0.4, 0.5) is 0 Å². The summed E-state index contributed by atoms with van der Waals surface area (Å²) in [5.41, 5.74) is 2.94. The van der Waals surface area contributed by atoms with E-state index in [2.05, 4.69) is 19.9 Å². The summed E-state index contributed by atoms with van der Waals surface area (Å²) in [5.74, 6) is 0.546. The van der Waals surface area contributed by atoms with Crippen LogP contribution in [0.3, 0.4) is 0 Å². The van der Waals surface area contributed by atoms with Crippen LogP contribution in [-0.4, -0.2) is 10.2 Å². The molecule has 0 aliphatic rings. The molecule has 0 saturated heterocycles. The second-order valence-electron chi connectivity index (χ2n) is 5.65. The third-order valence-electron chi connectivity index (χ3n) is 3.47. The van der Waals surface area contributed by atoms with Crippen molar-refractivity contribution in [1.82, 2.24) is 0 Å². The predicted octanol–water partition coefficient (Wildman–Crippen LogP) is 4.48. The Hall–Kier alpha value is -2.22. The molecule has 2 N–H and O–H groups in total. The summed E-state index contributed by atoms with van der Waals surface area (Å²) in [4.78, 5) is 0. The van der Waals surface area contributed by atoms with Crippen molar-refractivity contribution in [3.8, 4) is 11.5 Å². The number of aromatic hydroxyl groups is 2. The number of allylic oxidation sites excluding steroid dienone is 2. The molecule has 0 aromatic heterocycles. The molecule has 2 heteroatoms. The molecule has 0 aliphatic heterocycles. The number of phenolic OH excluding ortho intramolecular Hbond substituents is 2. The van der Waals surface area contributed by atoms with Crippen molar-refractivity contribution in [3.05, 3.63) is 65.7 Å². The van der Waals surface area contributed by atoms with Gasteiger partial charge in [-0.3, -0.25) is 0 Å². The van der Waals surface area contributed by atoms with Crippen molar-refractivity contribution < 1.29 is 10.2 Å². The zero-order valence-electron chi connectivity index (χ0n) is 12.1. The van der Waals surface area contributed by atoms with Crippen LogP contribution < -0.4 is 0 Å². The molecular weight excluding hydrogens is 248 g/mol. The molecule has 0 heterocycles. The molecule has 0 aliphatic carbocycles. The van der Waals surface area contributed by atoms with Crippen LogP contribution in [0.25, 0.3) is 5.57 Å². The largest absolute Gasteiger partial charge is 0.508 e. The summed E-state index contributed by atoms with van der Waals surface area (Å²) in [7, 11) is 0. The average molecular weight is 268 g/mol. The van der Waals surface area contributed by atoms with Crippen LogP contribution in [0.1, 0.15) is 31.9 Å². The Morgan fingerprint density at radius 2 is 1.55 bits per heavy atom. The molecule has 2 aromatic rings. The molecular formula is C18H20O2. The Balaban J connectivity index is 2.37. The van der Waals surface area contributed by atoms with Crippen molar-refractivity contribution in [3.63, 3.8) is 0 Å². The fraction of sp³-hybridized carbons (Fsp3) is 0.222. The monoisotopic (exact) mass is 268 g/mol. The van der Waals surface area contributed by atoms with Gasteiger partial charge < -0.3 is 10.2 Å². The van der Waals surface area contributed by atoms with Gasteiger partial charge in [-0.1, -0.05) is 44.2 Å². The number of hydrogen-bond donors (Lipinski definition) is 2. The minimum Gasteiger partial charge on any atom is -0.508 e. The van der Waals surface area contributed by atoms with Gasteiger partial charge in [0.25, 0.3) is 0 Å². The molecule has 2 nitrogen and oxygen atoms in total. The van der Waals surface area contributed by atoms with Crippen LogP contribution in [0, 0.1) is 0 Å². The first-order valence-electron chi connectivity index (χ1n) is 6.67. The Bertz CT molecular complexity index is 639. The van der Waals surface area contributed by atoms with Crippen molar-refractivity contribution in [2.75, 3.05) is 0 Å². The Labute approximate surface area is 120 Å². The van der Waals surface area contributed by atoms with Gasteiger partial charge in [0.2, 0.25) is 0 Å². The summed E-state index contributed by atoms with van der Waals surface area (Å²) in [5, 5.41) is 19.2. The SMILES string of the molecule is CC(=CC(C)(C)c1cccc(O)c1)c1cccc(O)c1. The quantitative estimate of drug-likeness (QED) is 0.861. The van der Waals surface area contributed by atoms with Gasteiger partial charge in [-0.15, -0.1) is 0 Å². The van der Waals surface area contributed by atoms with E-state index in [-0.39, 0.29) is 16.9 Å². The fourth-order valence-electron chi connectivity index (χ4n) is 2.37. The Morgan fingerprint density at radius 3 is 2.15 bits per heavy atom. The van der Waals surface area contributed by atoms with E-state index < -0.39 is 0 Å². The van der Waals surface area contributed by atoms with Gasteiger partial charge in [0.05, 0.1) is 0 Å². The zero-order valence-corrected chi connectivity index (χ0v) is 12.1. The lowest BCUT2D eigenvalue weighted by molar-refractivity contribution is 0.472. The van der Waals surface area contributed by atoms with Gasteiger partial charge in [0.1, 0.15) is 11.5 Å². The van der Waals surface area contributed by atoms with Gasteiger partial charge in [-0.2, -0.15) is 0 Å². The maximum atomic E-state index is 9.61. The average Bonchev–Trinajstić information content (AvgIpc) is 2.38. The van der Waals surface area contributed by atoms with Gasteiger partial charge in [0, 0.05) is 5.41 Å². The number of phenols is 2. The first-order chi connectivity index (χ1) is 9.38. The molecule has 0 amide bonds. The molecule has 0 atom stereocenters. The smallest absolute Gasteiger partial charge is 0.116 e. The van der Waals surface area contributed by atoms with E-state index in [4.69, 9.17) is 0 Å². The third-order valence-corrected chi connectivity index (χ3v) is 3.47. The highest BCUT2D eigenvalue weighted by atomic mass is 16.3. The second-order valence-corrected chi connectivity index (χ2v) is 5.65. The zero-order chi connectivity index (χ0) is 14.8. The molecule has 0 saturated carbocycles. The maximum Gasteiger partial charge on any atom is 0.116 e. The second kappa shape index (κ2) is 5.41. The van der Waals surface area contributed by atoms with Crippen LogP contribution in [0.15, 0.2) is 54.6 Å². The first kappa shape index (κ1) is 14.2. The minimum absolute atomic E-state index is 0.200. The Morgan fingerprint density at radius 1 is 0.950 bits per heavy atom. The lowest BCUT2D eigenvalue weighted by Gasteiger charge is -2.22. The van der Waals surface area contributed by atoms with E-state index >= 15 is 0 Å². The molecule has 0 radical (unpaired) electrons. The third kappa shape index (κ3) is 3.21. The van der Waals surface area contributed by atoms with Gasteiger partial charge >= 0.3 is 0 Å². The van der Waals surface area contributed by atoms with Crippen LogP contribution >= 0.6 is 0 Å². The minimum atomic E-state index is -0.200. The molecule has 0 spiro atoms. The molecule has 0 unspecified atom stereocenters. The van der Waals surface area contributed by atoms with Crippen LogP contribution in [0.2, 0.25) is 0 Å².